The molecule has 83 heavy (non-hydrogen) atoms. The van der Waals surface area contributed by atoms with E-state index in [4.69, 9.17) is 15.8 Å². The van der Waals surface area contributed by atoms with E-state index < -0.39 is 13.8 Å². The zero-order chi connectivity index (χ0) is 59.0. The monoisotopic (exact) mass is 1500 g/mol. The summed E-state index contributed by atoms with van der Waals surface area (Å²) in [5.74, 6) is 3.87. The molecule has 5 aliphatic carbocycles. The summed E-state index contributed by atoms with van der Waals surface area (Å²) in [7, 11) is 2.75. The molecule has 11 unspecified atom stereocenters. The van der Waals surface area contributed by atoms with Crippen molar-refractivity contribution >= 4 is 118 Å². The molecular weight excluding hydrogens is 1380 g/mol. The van der Waals surface area contributed by atoms with E-state index in [9.17, 15) is 14.7 Å². The molecule has 4 saturated carbocycles. The average molecular weight is 1500 g/mol. The molecule has 0 aliphatic heterocycles. The number of allylic oxidation sites excluding steroid dienone is 6. The van der Waals surface area contributed by atoms with Crippen LogP contribution in [0.1, 0.15) is 202 Å². The Bertz CT molecular complexity index is 1840. The molecule has 0 spiro atoms. The summed E-state index contributed by atoms with van der Waals surface area (Å²) in [5, 5.41) is 13.9. The molecule has 21 heteroatoms. The molecule has 5 rings (SSSR count). The minimum atomic E-state index is -1.45. The second-order valence-electron chi connectivity index (χ2n) is 26.2. The summed E-state index contributed by atoms with van der Waals surface area (Å²) in [5.41, 5.74) is 18.2. The number of carbonyl (C=O) groups is 2. The van der Waals surface area contributed by atoms with Crippen molar-refractivity contribution in [3.8, 4) is 0 Å². The van der Waals surface area contributed by atoms with Gasteiger partial charge in [0.05, 0.1) is 5.60 Å². The number of azide groups is 2. The second-order valence-corrected chi connectivity index (χ2v) is 30.7. The second kappa shape index (κ2) is 57.7. The maximum Gasteiger partial charge on any atom is 2.00 e. The molecule has 10 nitrogen and oxygen atoms in total. The van der Waals surface area contributed by atoms with Crippen LogP contribution in [0.5, 0.6) is 0 Å². The van der Waals surface area contributed by atoms with Crippen LogP contribution >= 0.6 is 34.9 Å². The third kappa shape index (κ3) is 58.6. The Balaban J connectivity index is -0.0000000558. The van der Waals surface area contributed by atoms with Gasteiger partial charge in [-0.3, -0.25) is 16.2 Å². The summed E-state index contributed by atoms with van der Waals surface area (Å²) in [4.78, 5) is 27.7. The molecule has 0 radical (unpaired) electrons. The Morgan fingerprint density at radius 1 is 0.699 bits per heavy atom. The van der Waals surface area contributed by atoms with Crippen LogP contribution in [0.15, 0.2) is 78.7 Å². The van der Waals surface area contributed by atoms with Crippen molar-refractivity contribution < 1.29 is 95.8 Å². The topological polar surface area (TPSA) is 161 Å². The van der Waals surface area contributed by atoms with Gasteiger partial charge in [0.15, 0.2) is 23.1 Å². The van der Waals surface area contributed by atoms with E-state index in [0.29, 0.717) is 52.5 Å². The fraction of sp³-hybridized carbons (Fsp3) is 0.758. The summed E-state index contributed by atoms with van der Waals surface area (Å²) >= 11 is 3.66. The van der Waals surface area contributed by atoms with Crippen molar-refractivity contribution in [1.29, 1.82) is 0 Å². The third-order valence-corrected chi connectivity index (χ3v) is 14.7. The summed E-state index contributed by atoms with van der Waals surface area (Å²) in [6, 6.07) is 0. The molecule has 0 bridgehead atoms. The first-order valence-electron chi connectivity index (χ1n) is 27.1. The third-order valence-electron chi connectivity index (χ3n) is 14.0. The van der Waals surface area contributed by atoms with Crippen molar-refractivity contribution in [3.05, 3.63) is 104 Å². The van der Waals surface area contributed by atoms with Crippen molar-refractivity contribution in [1.82, 2.24) is 0 Å². The molecule has 0 aromatic carbocycles. The van der Waals surface area contributed by atoms with Gasteiger partial charge in [-0.05, 0) is 177 Å². The SMILES string of the molecule is C=CC1(C)CC(=O)CC(C)C1.C=CC1(C)CC(C)CC(C)(C)C1.C=CC1(C)CC(C)CC(C)(N=[N+]=[N-])C1.C=CC1(C)CC(C)CC(C)(O)C1.CC1=CC(=O)CC(C)C1.CCOCC.C[Si](C)(C)N=[N+]=[N-].Cl.Cl.[AlH3].[Br-].[CH-]=C.[CH3-].[Cl][Cu].[H-].[I-].[Li+].[Mg+2].[Mg+2]. The van der Waals surface area contributed by atoms with Gasteiger partial charge in [-0.1, -0.05) is 138 Å². The van der Waals surface area contributed by atoms with Crippen LogP contribution in [0.4, 0.5) is 0 Å². The number of ketones is 2. The van der Waals surface area contributed by atoms with Gasteiger partial charge in [0.1, 0.15) is 14.0 Å². The standard InChI is InChI=1S/C12H22.C11H19N3.C11H20O.C10H16O.C8H12O.C4H10O.C3H9N3Si.C2H3.CH3.Al.BrH.3ClH.Cu.HI.Li.2Mg.4H/c1-6-12(5)8-10(2)7-11(3,4)9-12;1-5-10(3)6-9(2)7-11(4,8-10)13-14-12;1-5-10(3)6-9(2)7-11(4,12)8-10;1-4-10(3)6-8(2)5-9(11)7-10;1-6-3-7(2)5-8(9)4-6;1-3-5-4-2;1-7(2,3)6-5-4;1-2;;;;;;;;;;;;;;;/h6,10H,1,7-9H2,2-5H3;5,9H,1,6-8H2,2-4H3;5,9,12H,1,6-8H2,2-4H3;4,8H,1,5-7H2,2-3H3;4,7H,3,5H2,1-2H3;3-4H2,1-2H3;1-3H3;1H,2H2;1H3;;4*1H;;1H;;;;;;;/q;;;;;;;2*-1;;;;;;+1;;+1;2*+2;;;;-1/p-3. The first-order chi connectivity index (χ1) is 33.9. The van der Waals surface area contributed by atoms with Gasteiger partial charge in [-0.25, -0.2) is 0 Å². The van der Waals surface area contributed by atoms with E-state index in [1.54, 1.807) is 6.08 Å². The van der Waals surface area contributed by atoms with E-state index >= 15 is 0 Å². The summed E-state index contributed by atoms with van der Waals surface area (Å²) < 4.78 is 8.41. The van der Waals surface area contributed by atoms with Crippen LogP contribution in [0.25, 0.3) is 20.9 Å². The number of hydrogen-bond acceptors (Lipinski definition) is 6. The van der Waals surface area contributed by atoms with Crippen molar-refractivity contribution in [2.45, 2.75) is 231 Å². The minimum Gasteiger partial charge on any atom is -1.00 e. The fourth-order valence-electron chi connectivity index (χ4n) is 12.7. The molecule has 0 aromatic rings. The fourth-order valence-corrected chi connectivity index (χ4v) is 12.9. The maximum atomic E-state index is 11.2. The number of carbonyl (C=O) groups excluding carboxylic acids is 2. The molecule has 11 atom stereocenters. The number of rotatable bonds is 8. The Morgan fingerprint density at radius 2 is 1.07 bits per heavy atom. The zero-order valence-corrected chi connectivity index (χ0v) is 66.6. The number of Topliss-reactive ketones (excluding diaryl/α,β-unsaturated/α-hetero) is 1. The number of halogens is 5. The molecule has 0 saturated heterocycles. The Hall–Kier alpha value is 1.80. The number of ether oxygens (including phenoxy) is 1. The normalized spacial score (nSPS) is 29.8. The molecule has 480 valence electrons. The van der Waals surface area contributed by atoms with Crippen molar-refractivity contribution in [3.63, 3.8) is 0 Å². The molecule has 4 fully saturated rings. The number of aliphatic hydroxyl groups is 1. The van der Waals surface area contributed by atoms with Crippen LogP contribution in [0.3, 0.4) is 0 Å². The quantitative estimate of drug-likeness (QED) is 0.0487. The van der Waals surface area contributed by atoms with Gasteiger partial charge >= 0.3 is 90.2 Å². The van der Waals surface area contributed by atoms with Crippen LogP contribution in [-0.2, 0) is 29.4 Å². The Labute approximate surface area is 621 Å². The van der Waals surface area contributed by atoms with Gasteiger partial charge in [0.2, 0.25) is 0 Å². The van der Waals surface area contributed by atoms with Crippen LogP contribution in [-0.4, -0.2) is 113 Å². The van der Waals surface area contributed by atoms with Crippen molar-refractivity contribution in [2.24, 2.45) is 66.6 Å². The molecule has 0 heterocycles. The molecule has 0 amide bonds. The van der Waals surface area contributed by atoms with Gasteiger partial charge in [-0.2, -0.15) is 0 Å². The summed E-state index contributed by atoms with van der Waals surface area (Å²) in [6.07, 6.45) is 24.3. The first-order valence-corrected chi connectivity index (χ1v) is 31.8. The molecule has 1 N–H and O–H groups in total. The van der Waals surface area contributed by atoms with E-state index in [1.807, 2.05) is 72.5 Å². The predicted molar refractivity (Wildman–Crippen MR) is 363 cm³/mol. The van der Waals surface area contributed by atoms with Crippen LogP contribution in [0.2, 0.25) is 19.6 Å². The molecule has 0 aromatic heterocycles. The minimum absolute atomic E-state index is 0. The van der Waals surface area contributed by atoms with Gasteiger partial charge in [-0.15, -0.1) is 55.9 Å². The Kier molecular flexibility index (Phi) is 80.3. The van der Waals surface area contributed by atoms with Gasteiger partial charge < -0.3 is 66.2 Å². The van der Waals surface area contributed by atoms with E-state index in [1.165, 1.54) is 24.8 Å². The number of nitrogens with zero attached hydrogens (tertiary/aromatic N) is 6. The van der Waals surface area contributed by atoms with Crippen LogP contribution in [0, 0.1) is 70.7 Å². The Morgan fingerprint density at radius 3 is 1.36 bits per heavy atom. The smallest absolute Gasteiger partial charge is 1.00 e. The van der Waals surface area contributed by atoms with Crippen molar-refractivity contribution in [2.75, 3.05) is 13.2 Å². The zero-order valence-electron chi connectivity index (χ0n) is 56.7. The average Bonchev–Trinajstić information content (AvgIpc) is 3.23. The van der Waals surface area contributed by atoms with E-state index in [2.05, 4.69) is 167 Å². The van der Waals surface area contributed by atoms with E-state index in [-0.39, 0.29) is 179 Å². The van der Waals surface area contributed by atoms with E-state index in [0.717, 1.165) is 83.3 Å². The predicted octanol–water partition coefficient (Wildman–Crippen LogP) is 10.3. The van der Waals surface area contributed by atoms with Crippen LogP contribution < -0.4 is 59.8 Å². The largest absolute Gasteiger partial charge is 2.00 e. The first kappa shape index (κ1) is 116. The molecule has 5 aliphatic rings. The van der Waals surface area contributed by atoms with Gasteiger partial charge in [0.25, 0.3) is 0 Å². The van der Waals surface area contributed by atoms with Gasteiger partial charge in [0, 0.05) is 42.9 Å². The molecular formula is C62H120AlBrCl3CuILiMg2N6O4Si. The number of hydrogen-bond donors (Lipinski definition) is 1. The maximum absolute atomic E-state index is 11.2. The summed E-state index contributed by atoms with van der Waals surface area (Å²) in [6.45, 7) is 64.7.